The number of aryl methyl sites for hydroxylation is 2. The van der Waals surface area contributed by atoms with Crippen molar-refractivity contribution in [1.29, 1.82) is 0 Å². The zero-order valence-corrected chi connectivity index (χ0v) is 19.1. The number of aliphatic carboxylic acids is 1. The largest absolute Gasteiger partial charge is 0.488 e. The van der Waals surface area contributed by atoms with E-state index in [4.69, 9.17) is 9.47 Å². The molecular formula is C23H29N5O5. The van der Waals surface area contributed by atoms with Crippen LogP contribution in [0, 0.1) is 30.6 Å². The Hall–Kier alpha value is -3.17. The third kappa shape index (κ3) is 4.26. The van der Waals surface area contributed by atoms with Crippen molar-refractivity contribution in [2.24, 2.45) is 30.7 Å². The molecule has 10 nitrogen and oxygen atoms in total. The van der Waals surface area contributed by atoms with E-state index in [0.29, 0.717) is 41.0 Å². The number of nitrogens with zero attached hydrogens (tertiary/aromatic N) is 5. The molecule has 3 aliphatic carbocycles. The van der Waals surface area contributed by atoms with Crippen molar-refractivity contribution in [1.82, 2.24) is 24.9 Å². The topological polar surface area (TPSA) is 120 Å². The molecule has 2 heterocycles. The molecule has 3 saturated carbocycles. The number of aromatic nitrogens is 4. The van der Waals surface area contributed by atoms with Gasteiger partial charge in [-0.25, -0.2) is 14.5 Å². The van der Waals surface area contributed by atoms with Gasteiger partial charge < -0.3 is 19.5 Å². The Balaban J connectivity index is 1.26. The molecule has 0 bridgehead atoms. The van der Waals surface area contributed by atoms with Crippen LogP contribution in [0.3, 0.4) is 0 Å². The van der Waals surface area contributed by atoms with Gasteiger partial charge in [0.2, 0.25) is 0 Å². The zero-order chi connectivity index (χ0) is 23.3. The number of hydrogen-bond acceptors (Lipinski definition) is 7. The molecule has 176 valence electrons. The normalized spacial score (nSPS) is 25.4. The van der Waals surface area contributed by atoms with Crippen LogP contribution in [-0.4, -0.2) is 61.7 Å². The summed E-state index contributed by atoms with van der Waals surface area (Å²) in [6.07, 6.45) is 3.66. The van der Waals surface area contributed by atoms with Gasteiger partial charge in [-0.2, -0.15) is 0 Å². The summed E-state index contributed by atoms with van der Waals surface area (Å²) in [6, 6.07) is 3.65. The predicted molar refractivity (Wildman–Crippen MR) is 116 cm³/mol. The number of pyridine rings is 1. The summed E-state index contributed by atoms with van der Waals surface area (Å²) in [5.74, 6) is 0.588. The molecule has 1 amide bonds. The molecule has 10 heteroatoms. The van der Waals surface area contributed by atoms with E-state index >= 15 is 0 Å². The van der Waals surface area contributed by atoms with E-state index in [2.05, 4.69) is 15.3 Å². The Morgan fingerprint density at radius 1 is 1.24 bits per heavy atom. The molecule has 33 heavy (non-hydrogen) atoms. The van der Waals surface area contributed by atoms with Gasteiger partial charge in [-0.15, -0.1) is 5.10 Å². The summed E-state index contributed by atoms with van der Waals surface area (Å²) in [5.41, 5.74) is 2.52. The van der Waals surface area contributed by atoms with Crippen molar-refractivity contribution in [3.8, 4) is 17.1 Å². The summed E-state index contributed by atoms with van der Waals surface area (Å²) in [5, 5.41) is 17.6. The van der Waals surface area contributed by atoms with E-state index in [1.165, 1.54) is 12.8 Å². The molecular weight excluding hydrogens is 426 g/mol. The van der Waals surface area contributed by atoms with E-state index in [1.54, 1.807) is 23.7 Å². The molecule has 5 rings (SSSR count). The third-order valence-corrected chi connectivity index (χ3v) is 7.10. The maximum Gasteiger partial charge on any atom is 0.409 e. The minimum atomic E-state index is -0.724. The van der Waals surface area contributed by atoms with Crippen LogP contribution in [0.5, 0.6) is 5.75 Å². The highest BCUT2D eigenvalue weighted by Gasteiger charge is 2.63. The van der Waals surface area contributed by atoms with Crippen LogP contribution in [0.25, 0.3) is 11.4 Å². The fourth-order valence-corrected chi connectivity index (χ4v) is 5.02. The van der Waals surface area contributed by atoms with Gasteiger partial charge in [0.05, 0.1) is 17.3 Å². The number of amides is 1. The van der Waals surface area contributed by atoms with Crippen LogP contribution < -0.4 is 4.74 Å². The fourth-order valence-electron chi connectivity index (χ4n) is 5.02. The molecule has 0 aromatic carbocycles. The number of fused-ring (bicyclic) bond motifs is 1. The quantitative estimate of drug-likeness (QED) is 0.645. The molecule has 3 aliphatic rings. The maximum absolute atomic E-state index is 12.3. The summed E-state index contributed by atoms with van der Waals surface area (Å²) in [4.78, 5) is 29.9. The Morgan fingerprint density at radius 3 is 2.70 bits per heavy atom. The lowest BCUT2D eigenvalue weighted by molar-refractivity contribution is -0.139. The molecule has 3 fully saturated rings. The Morgan fingerprint density at radius 2 is 2.03 bits per heavy atom. The lowest BCUT2D eigenvalue weighted by Crippen LogP contribution is -2.29. The summed E-state index contributed by atoms with van der Waals surface area (Å²) < 4.78 is 13.2. The highest BCUT2D eigenvalue weighted by atomic mass is 16.6. The SMILES string of the molecule is Cc1nc(-c2nnn(C)c2COC(=O)N(C)CC2CC2)ccc1O[C@@H]1CC[C@H]2C(C(=O)O)[C@@H]12. The minimum Gasteiger partial charge on any atom is -0.488 e. The van der Waals surface area contributed by atoms with Crippen molar-refractivity contribution in [3.63, 3.8) is 0 Å². The second-order valence-corrected chi connectivity index (χ2v) is 9.51. The van der Waals surface area contributed by atoms with E-state index in [-0.39, 0.29) is 36.6 Å². The van der Waals surface area contributed by atoms with Crippen molar-refractivity contribution in [2.75, 3.05) is 13.6 Å². The maximum atomic E-state index is 12.3. The van der Waals surface area contributed by atoms with Crippen LogP contribution in [0.15, 0.2) is 12.1 Å². The van der Waals surface area contributed by atoms with Gasteiger partial charge in [0.15, 0.2) is 0 Å². The van der Waals surface area contributed by atoms with Crippen molar-refractivity contribution < 1.29 is 24.2 Å². The van der Waals surface area contributed by atoms with Crippen LogP contribution in [0.4, 0.5) is 4.79 Å². The Labute approximate surface area is 191 Å². The number of carboxylic acid groups (broad SMARTS) is 1. The molecule has 0 aliphatic heterocycles. The average Bonchev–Trinajstić information content (AvgIpc) is 3.66. The summed E-state index contributed by atoms with van der Waals surface area (Å²) in [7, 11) is 3.50. The molecule has 0 saturated heterocycles. The van der Waals surface area contributed by atoms with Gasteiger partial charge in [-0.05, 0) is 56.6 Å². The van der Waals surface area contributed by atoms with Crippen LogP contribution in [0.2, 0.25) is 0 Å². The lowest BCUT2D eigenvalue weighted by atomic mass is 10.1. The highest BCUT2D eigenvalue weighted by Crippen LogP contribution is 2.58. The van der Waals surface area contributed by atoms with Gasteiger partial charge in [-0.1, -0.05) is 5.21 Å². The van der Waals surface area contributed by atoms with Crippen molar-refractivity contribution >= 4 is 12.1 Å². The standard InChI is InChI=1S/C23H29N5O5/c1-12-17(33-18-8-6-14-19(18)20(14)22(29)30)9-7-15(24-12)21-16(28(3)26-25-21)11-32-23(31)27(2)10-13-4-5-13/h7,9,13-14,18-20H,4-6,8,10-11H2,1-3H3,(H,29,30)/t14-,18-,19-,20?/m1/s1. The van der Waals surface area contributed by atoms with Gasteiger partial charge in [0, 0.05) is 26.6 Å². The first-order valence-electron chi connectivity index (χ1n) is 11.5. The van der Waals surface area contributed by atoms with E-state index < -0.39 is 5.97 Å². The number of carboxylic acids is 1. The molecule has 0 radical (unpaired) electrons. The molecule has 0 spiro atoms. The predicted octanol–water partition coefficient (Wildman–Crippen LogP) is 2.65. The second-order valence-electron chi connectivity index (χ2n) is 9.51. The lowest BCUT2D eigenvalue weighted by Gasteiger charge is -2.18. The first kappa shape index (κ1) is 21.7. The van der Waals surface area contributed by atoms with Crippen LogP contribution >= 0.6 is 0 Å². The Bertz CT molecular complexity index is 1080. The molecule has 4 atom stereocenters. The van der Waals surface area contributed by atoms with Crippen molar-refractivity contribution in [3.05, 3.63) is 23.5 Å². The van der Waals surface area contributed by atoms with Crippen LogP contribution in [-0.2, 0) is 23.2 Å². The smallest absolute Gasteiger partial charge is 0.409 e. The van der Waals surface area contributed by atoms with Gasteiger partial charge in [0.25, 0.3) is 0 Å². The Kier molecular flexibility index (Phi) is 5.46. The van der Waals surface area contributed by atoms with Crippen LogP contribution in [0.1, 0.15) is 37.1 Å². The molecule has 1 N–H and O–H groups in total. The van der Waals surface area contributed by atoms with E-state index in [9.17, 15) is 14.7 Å². The molecule has 2 aromatic rings. The van der Waals surface area contributed by atoms with Gasteiger partial charge in [-0.3, -0.25) is 4.79 Å². The number of hydrogen-bond donors (Lipinski definition) is 1. The highest BCUT2D eigenvalue weighted by molar-refractivity contribution is 5.75. The monoisotopic (exact) mass is 455 g/mol. The minimum absolute atomic E-state index is 0.0490. The fraction of sp³-hybridized carbons (Fsp3) is 0.609. The molecule has 2 aromatic heterocycles. The van der Waals surface area contributed by atoms with Gasteiger partial charge >= 0.3 is 12.1 Å². The van der Waals surface area contributed by atoms with E-state index in [0.717, 1.165) is 12.8 Å². The van der Waals surface area contributed by atoms with E-state index in [1.807, 2.05) is 19.1 Å². The number of carbonyl (C=O) groups is 2. The third-order valence-electron chi connectivity index (χ3n) is 7.10. The first-order valence-corrected chi connectivity index (χ1v) is 11.5. The molecule has 1 unspecified atom stereocenters. The second kappa shape index (κ2) is 8.31. The first-order chi connectivity index (χ1) is 15.8. The van der Waals surface area contributed by atoms with Gasteiger partial charge in [0.1, 0.15) is 29.8 Å². The zero-order valence-electron chi connectivity index (χ0n) is 19.1. The average molecular weight is 456 g/mol. The van der Waals surface area contributed by atoms with Crippen molar-refractivity contribution in [2.45, 2.75) is 45.3 Å². The number of carbonyl (C=O) groups excluding carboxylic acids is 1. The summed E-state index contributed by atoms with van der Waals surface area (Å²) in [6.45, 7) is 2.62. The summed E-state index contributed by atoms with van der Waals surface area (Å²) >= 11 is 0. The number of ether oxygens (including phenoxy) is 2. The number of rotatable bonds is 8.